The van der Waals surface area contributed by atoms with Gasteiger partial charge >= 0.3 is 10.1 Å². The molecule has 124 valence electrons. The Labute approximate surface area is 136 Å². The Morgan fingerprint density at radius 1 is 1.13 bits per heavy atom. The Kier molecular flexibility index (Phi) is 5.15. The third-order valence-electron chi connectivity index (χ3n) is 3.56. The van der Waals surface area contributed by atoms with Crippen LogP contribution in [0.2, 0.25) is 0 Å². The van der Waals surface area contributed by atoms with Gasteiger partial charge in [-0.2, -0.15) is 8.42 Å². The molecule has 2 aromatic rings. The molecule has 23 heavy (non-hydrogen) atoms. The Balaban J connectivity index is 2.39. The molecule has 0 saturated heterocycles. The van der Waals surface area contributed by atoms with E-state index in [0.717, 1.165) is 42.5 Å². The molecule has 0 unspecified atom stereocenters. The summed E-state index contributed by atoms with van der Waals surface area (Å²) in [6.07, 6.45) is 2.63. The van der Waals surface area contributed by atoms with Gasteiger partial charge in [0.15, 0.2) is 0 Å². The van der Waals surface area contributed by atoms with Crippen molar-refractivity contribution < 1.29 is 22.8 Å². The Morgan fingerprint density at radius 3 is 2.52 bits per heavy atom. The van der Waals surface area contributed by atoms with Crippen LogP contribution >= 0.6 is 0 Å². The number of hydrogen-bond acceptors (Lipinski definition) is 5. The van der Waals surface area contributed by atoms with E-state index in [4.69, 9.17) is 4.18 Å². The number of aromatic hydroxyl groups is 2. The van der Waals surface area contributed by atoms with Crippen LogP contribution in [0, 0.1) is 6.92 Å². The van der Waals surface area contributed by atoms with Gasteiger partial charge in [-0.3, -0.25) is 0 Å². The zero-order valence-electron chi connectivity index (χ0n) is 13.1. The summed E-state index contributed by atoms with van der Waals surface area (Å²) in [5.41, 5.74) is 1.80. The van der Waals surface area contributed by atoms with Gasteiger partial charge in [0.2, 0.25) is 0 Å². The van der Waals surface area contributed by atoms with E-state index in [1.54, 1.807) is 12.1 Å². The molecular weight excluding hydrogens is 316 g/mol. The number of hydrogen-bond donors (Lipinski definition) is 2. The first kappa shape index (κ1) is 17.1. The molecule has 0 spiro atoms. The number of unbranched alkanes of at least 4 members (excludes halogenated alkanes) is 1. The van der Waals surface area contributed by atoms with Crippen LogP contribution in [0.4, 0.5) is 0 Å². The normalized spacial score (nSPS) is 11.4. The molecule has 0 bridgehead atoms. The van der Waals surface area contributed by atoms with E-state index in [9.17, 15) is 18.6 Å². The first-order chi connectivity index (χ1) is 10.8. The highest BCUT2D eigenvalue weighted by Gasteiger charge is 2.23. The topological polar surface area (TPSA) is 83.8 Å². The predicted molar refractivity (Wildman–Crippen MR) is 87.4 cm³/mol. The molecule has 2 N–H and O–H groups in total. The van der Waals surface area contributed by atoms with Crippen molar-refractivity contribution in [2.45, 2.75) is 38.0 Å². The summed E-state index contributed by atoms with van der Waals surface area (Å²) in [7, 11) is -4.19. The summed E-state index contributed by atoms with van der Waals surface area (Å²) in [4.78, 5) is -0.377. The van der Waals surface area contributed by atoms with Gasteiger partial charge in [-0.1, -0.05) is 25.5 Å². The van der Waals surface area contributed by atoms with Gasteiger partial charge in [-0.15, -0.1) is 0 Å². The molecule has 0 saturated carbocycles. The summed E-state index contributed by atoms with van der Waals surface area (Å²) in [5, 5.41) is 19.0. The lowest BCUT2D eigenvalue weighted by Crippen LogP contribution is -2.11. The number of phenols is 2. The van der Waals surface area contributed by atoms with Crippen LogP contribution in [0.3, 0.4) is 0 Å². The predicted octanol–water partition coefficient (Wildman–Crippen LogP) is 3.52. The summed E-state index contributed by atoms with van der Waals surface area (Å²) in [5.74, 6) is -0.501. The Bertz CT molecular complexity index is 797. The van der Waals surface area contributed by atoms with Crippen molar-refractivity contribution in [2.75, 3.05) is 0 Å². The van der Waals surface area contributed by atoms with E-state index in [1.165, 1.54) is 6.07 Å². The van der Waals surface area contributed by atoms with Crippen LogP contribution < -0.4 is 4.18 Å². The Hall–Kier alpha value is -2.21. The molecule has 0 atom stereocenters. The molecule has 0 aliphatic carbocycles. The van der Waals surface area contributed by atoms with Gasteiger partial charge in [0, 0.05) is 6.07 Å². The van der Waals surface area contributed by atoms with E-state index >= 15 is 0 Å². The van der Waals surface area contributed by atoms with Crippen LogP contribution in [0.15, 0.2) is 41.3 Å². The fraction of sp³-hybridized carbons (Fsp3) is 0.294. The zero-order chi connectivity index (χ0) is 17.0. The fourth-order valence-corrected chi connectivity index (χ4v) is 3.34. The molecule has 0 aliphatic rings. The van der Waals surface area contributed by atoms with Crippen LogP contribution in [0.5, 0.6) is 17.2 Å². The fourth-order valence-electron chi connectivity index (χ4n) is 2.31. The van der Waals surface area contributed by atoms with Crippen molar-refractivity contribution in [3.8, 4) is 17.2 Å². The van der Waals surface area contributed by atoms with E-state index in [2.05, 4.69) is 6.92 Å². The van der Waals surface area contributed by atoms with Gasteiger partial charge in [0.25, 0.3) is 0 Å². The van der Waals surface area contributed by atoms with Crippen molar-refractivity contribution in [3.63, 3.8) is 0 Å². The monoisotopic (exact) mass is 336 g/mol. The third-order valence-corrected chi connectivity index (χ3v) is 4.84. The van der Waals surface area contributed by atoms with Gasteiger partial charge in [0.05, 0.1) is 0 Å². The molecule has 0 aliphatic heterocycles. The minimum Gasteiger partial charge on any atom is -0.508 e. The maximum atomic E-state index is 12.4. The molecule has 0 aromatic heterocycles. The SMILES string of the molecule is CCCCc1c(C)cccc1OS(=O)(=O)c1ccc(O)cc1O. The van der Waals surface area contributed by atoms with Crippen LogP contribution in [0.1, 0.15) is 30.9 Å². The zero-order valence-corrected chi connectivity index (χ0v) is 13.9. The summed E-state index contributed by atoms with van der Waals surface area (Å²) in [6, 6.07) is 8.50. The first-order valence-electron chi connectivity index (χ1n) is 7.40. The van der Waals surface area contributed by atoms with E-state index in [0.29, 0.717) is 0 Å². The molecular formula is C17H20O5S. The van der Waals surface area contributed by atoms with Gasteiger partial charge < -0.3 is 14.4 Å². The van der Waals surface area contributed by atoms with Crippen LogP contribution in [-0.2, 0) is 16.5 Å². The second kappa shape index (κ2) is 6.91. The Morgan fingerprint density at radius 2 is 1.87 bits per heavy atom. The lowest BCUT2D eigenvalue weighted by molar-refractivity contribution is 0.431. The second-order valence-electron chi connectivity index (χ2n) is 5.34. The van der Waals surface area contributed by atoms with Crippen molar-refractivity contribution in [2.24, 2.45) is 0 Å². The lowest BCUT2D eigenvalue weighted by Gasteiger charge is -2.14. The molecule has 6 heteroatoms. The minimum atomic E-state index is -4.19. The number of aryl methyl sites for hydroxylation is 1. The van der Waals surface area contributed by atoms with Gasteiger partial charge in [0.1, 0.15) is 22.1 Å². The second-order valence-corrected chi connectivity index (χ2v) is 6.86. The number of benzene rings is 2. The molecule has 2 aromatic carbocycles. The quantitative estimate of drug-likeness (QED) is 0.789. The van der Waals surface area contributed by atoms with Crippen molar-refractivity contribution >= 4 is 10.1 Å². The summed E-state index contributed by atoms with van der Waals surface area (Å²) < 4.78 is 30.1. The minimum absolute atomic E-state index is 0.222. The average molecular weight is 336 g/mol. The number of phenolic OH excluding ortho intramolecular Hbond substituents is 2. The van der Waals surface area contributed by atoms with Crippen molar-refractivity contribution in [1.82, 2.24) is 0 Å². The van der Waals surface area contributed by atoms with E-state index in [-0.39, 0.29) is 16.4 Å². The highest BCUT2D eigenvalue weighted by Crippen LogP contribution is 2.31. The van der Waals surface area contributed by atoms with Crippen molar-refractivity contribution in [1.29, 1.82) is 0 Å². The van der Waals surface area contributed by atoms with Gasteiger partial charge in [-0.05, 0) is 49.1 Å². The highest BCUT2D eigenvalue weighted by atomic mass is 32.2. The third kappa shape index (κ3) is 3.96. The molecule has 0 fully saturated rings. The van der Waals surface area contributed by atoms with Crippen LogP contribution in [0.25, 0.3) is 0 Å². The molecule has 2 rings (SSSR count). The largest absolute Gasteiger partial charge is 0.508 e. The van der Waals surface area contributed by atoms with Gasteiger partial charge in [-0.25, -0.2) is 0 Å². The standard InChI is InChI=1S/C17H20O5S/c1-3-4-7-14-12(2)6-5-8-16(14)22-23(20,21)17-10-9-13(18)11-15(17)19/h5-6,8-11,18-19H,3-4,7H2,1-2H3. The number of rotatable bonds is 6. The smallest absolute Gasteiger partial charge is 0.342 e. The maximum absolute atomic E-state index is 12.4. The molecule has 5 nitrogen and oxygen atoms in total. The summed E-state index contributed by atoms with van der Waals surface area (Å²) >= 11 is 0. The molecule has 0 heterocycles. The molecule has 0 amide bonds. The van der Waals surface area contributed by atoms with Crippen molar-refractivity contribution in [3.05, 3.63) is 47.5 Å². The highest BCUT2D eigenvalue weighted by molar-refractivity contribution is 7.87. The first-order valence-corrected chi connectivity index (χ1v) is 8.81. The lowest BCUT2D eigenvalue weighted by atomic mass is 10.0. The average Bonchev–Trinajstić information content (AvgIpc) is 2.46. The van der Waals surface area contributed by atoms with Crippen LogP contribution in [-0.4, -0.2) is 18.6 Å². The maximum Gasteiger partial charge on any atom is 0.342 e. The van der Waals surface area contributed by atoms with E-state index < -0.39 is 15.9 Å². The van der Waals surface area contributed by atoms with E-state index in [1.807, 2.05) is 13.0 Å². The summed E-state index contributed by atoms with van der Waals surface area (Å²) in [6.45, 7) is 3.96. The molecule has 0 radical (unpaired) electrons.